The summed E-state index contributed by atoms with van der Waals surface area (Å²) in [5.41, 5.74) is 5.90. The Labute approximate surface area is 320 Å². The molecule has 0 saturated heterocycles. The quantitative estimate of drug-likeness (QED) is 0.123. The van der Waals surface area contributed by atoms with E-state index in [-0.39, 0.29) is 27.9 Å². The fourth-order valence-electron chi connectivity index (χ4n) is 6.90. The lowest BCUT2D eigenvalue weighted by Gasteiger charge is -2.17. The van der Waals surface area contributed by atoms with Gasteiger partial charge >= 0.3 is 0 Å². The largest absolute Gasteiger partial charge is 0.458 e. The molecule has 3 aromatic heterocycles. The van der Waals surface area contributed by atoms with Crippen molar-refractivity contribution in [2.24, 2.45) is 7.05 Å². The molecule has 0 aliphatic rings. The van der Waals surface area contributed by atoms with E-state index >= 15 is 0 Å². The van der Waals surface area contributed by atoms with Gasteiger partial charge in [-0.05, 0) is 64.7 Å². The first kappa shape index (κ1) is 21.9. The van der Waals surface area contributed by atoms with E-state index in [1.165, 1.54) is 0 Å². The second kappa shape index (κ2) is 12.5. The second-order valence-corrected chi connectivity index (χ2v) is 12.4. The maximum Gasteiger partial charge on any atom is 0.269 e. The van der Waals surface area contributed by atoms with Gasteiger partial charge in [0.1, 0.15) is 11.5 Å². The zero-order valence-electron chi connectivity index (χ0n) is 38.2. The number of para-hydroxylation sites is 5. The molecule has 0 atom stereocenters. The minimum Gasteiger partial charge on any atom is -0.458 e. The fourth-order valence-corrected chi connectivity index (χ4v) is 6.90. The monoisotopic (exact) mass is 693 g/mol. The average Bonchev–Trinajstić information content (AvgIpc) is 3.99. The van der Waals surface area contributed by atoms with Gasteiger partial charge in [-0.15, -0.1) is 0 Å². The van der Waals surface area contributed by atoms with Gasteiger partial charge < -0.3 is 9.30 Å². The Morgan fingerprint density at radius 3 is 1.98 bits per heavy atom. The minimum atomic E-state index is -0.564. The first-order chi connectivity index (χ1) is 30.3. The average molecular weight is 694 g/mol. The molecule has 0 N–H and O–H groups in total. The topological polar surface area (TPSA) is 40.3 Å². The molecule has 0 aliphatic carbocycles. The van der Waals surface area contributed by atoms with Crippen LogP contribution in [0, 0.1) is 6.33 Å². The van der Waals surface area contributed by atoms with Crippen LogP contribution in [0.25, 0.3) is 72.7 Å². The number of aryl methyl sites for hydroxylation is 1. The summed E-state index contributed by atoms with van der Waals surface area (Å²) in [7, 11) is 1.99. The van der Waals surface area contributed by atoms with Crippen molar-refractivity contribution in [1.82, 2.24) is 18.5 Å². The first-order valence-electron chi connectivity index (χ1n) is 21.9. The minimum absolute atomic E-state index is 0.127. The number of aromatic nitrogens is 5. The van der Waals surface area contributed by atoms with Crippen LogP contribution >= 0.6 is 0 Å². The highest BCUT2D eigenvalue weighted by atomic mass is 16.5. The zero-order chi connectivity index (χ0) is 44.0. The van der Waals surface area contributed by atoms with Crippen molar-refractivity contribution in [2.75, 3.05) is 0 Å². The molecule has 0 aliphatic heterocycles. The summed E-state index contributed by atoms with van der Waals surface area (Å²) < 4.78 is 100. The molecule has 3 heterocycles. The predicted molar refractivity (Wildman–Crippen MR) is 212 cm³/mol. The third-order valence-corrected chi connectivity index (χ3v) is 9.29. The molecule has 53 heavy (non-hydrogen) atoms. The maximum atomic E-state index is 8.95. The highest BCUT2D eigenvalue weighted by molar-refractivity contribution is 5.85. The number of nitrogens with zero attached hydrogens (tertiary/aromatic N) is 5. The molecule has 6 nitrogen and oxygen atoms in total. The molecule has 6 heteroatoms. The second-order valence-electron chi connectivity index (χ2n) is 12.4. The number of benzene rings is 7. The van der Waals surface area contributed by atoms with Crippen molar-refractivity contribution >= 4 is 27.8 Å². The summed E-state index contributed by atoms with van der Waals surface area (Å²) >= 11 is 0. The summed E-state index contributed by atoms with van der Waals surface area (Å²) in [6.45, 7) is 0. The Bertz CT molecular complexity index is 3390. The maximum absolute atomic E-state index is 8.95. The molecule has 0 radical (unpaired) electrons. The van der Waals surface area contributed by atoms with Crippen molar-refractivity contribution in [3.8, 4) is 56.4 Å². The first-order valence-corrected chi connectivity index (χ1v) is 16.9. The Hall–Kier alpha value is -7.18. The van der Waals surface area contributed by atoms with Gasteiger partial charge in [0.25, 0.3) is 6.33 Å². The number of hydrogen-bond donors (Lipinski definition) is 0. The molecule has 0 fully saturated rings. The van der Waals surface area contributed by atoms with E-state index in [0.29, 0.717) is 28.2 Å². The highest BCUT2D eigenvalue weighted by Gasteiger charge is 2.20. The molecule has 10 aromatic rings. The third kappa shape index (κ3) is 5.27. The van der Waals surface area contributed by atoms with Gasteiger partial charge in [-0.3, -0.25) is 13.5 Å². The van der Waals surface area contributed by atoms with E-state index in [2.05, 4.69) is 27.4 Å². The van der Waals surface area contributed by atoms with Crippen molar-refractivity contribution in [1.29, 1.82) is 0 Å². The van der Waals surface area contributed by atoms with Gasteiger partial charge in [0.05, 0.1) is 52.8 Å². The SMILES string of the molecule is [2H]c1c([2H])c([2H])c(-c2cccc(-c3c([2H])c([2H])c([2H])c([2H])c3[2H])c2-[n+]2[c-]n(-c3cccc(Oc4cccc(-c5cn6c7ccccc7n(C)c6n5)c4)c3)c3ccccc32)c([2H])c1[2H]. The van der Waals surface area contributed by atoms with E-state index in [4.69, 9.17) is 23.4 Å². The summed E-state index contributed by atoms with van der Waals surface area (Å²) in [6.07, 6.45) is 5.42. The van der Waals surface area contributed by atoms with Gasteiger partial charge in [-0.25, -0.2) is 4.98 Å². The Balaban J connectivity index is 1.12. The van der Waals surface area contributed by atoms with E-state index in [9.17, 15) is 0 Å². The summed E-state index contributed by atoms with van der Waals surface area (Å²) in [5, 5.41) is 0. The van der Waals surface area contributed by atoms with Crippen LogP contribution in [0.4, 0.5) is 0 Å². The molecular formula is C47H33N5O. The zero-order valence-corrected chi connectivity index (χ0v) is 28.2. The van der Waals surface area contributed by atoms with E-state index in [1.54, 1.807) is 27.3 Å². The molecule has 0 spiro atoms. The van der Waals surface area contributed by atoms with Gasteiger partial charge in [0.15, 0.2) is 0 Å². The highest BCUT2D eigenvalue weighted by Crippen LogP contribution is 2.35. The lowest BCUT2D eigenvalue weighted by atomic mass is 9.95. The van der Waals surface area contributed by atoms with Crippen molar-refractivity contribution in [3.05, 3.63) is 188 Å². The molecule has 7 aromatic carbocycles. The lowest BCUT2D eigenvalue weighted by molar-refractivity contribution is -0.571. The van der Waals surface area contributed by atoms with E-state index in [1.807, 2.05) is 98.2 Å². The van der Waals surface area contributed by atoms with Crippen LogP contribution in [0.3, 0.4) is 0 Å². The Morgan fingerprint density at radius 1 is 0.623 bits per heavy atom. The van der Waals surface area contributed by atoms with Gasteiger partial charge in [-0.1, -0.05) is 133 Å². The normalized spacial score (nSPS) is 14.1. The van der Waals surface area contributed by atoms with Crippen LogP contribution in [0.5, 0.6) is 11.5 Å². The predicted octanol–water partition coefficient (Wildman–Crippen LogP) is 10.6. The molecule has 0 saturated carbocycles. The smallest absolute Gasteiger partial charge is 0.269 e. The van der Waals surface area contributed by atoms with Crippen LogP contribution in [0.2, 0.25) is 0 Å². The standard InChI is InChI=1S/C47H33N5O/c1-49-42-25-8-9-26-43(42)50-31-41(48-47(49)50)35-19-12-21-37(29-35)53-38-22-13-20-36(30-38)51-32-52(45-28-11-10-27-44(45)51)46-39(33-15-4-2-5-16-33)23-14-24-40(46)34-17-6-3-7-18-34/h2-31H,1H3/i2D,3D,4D,5D,6D,7D,15D,16D,17D,18D. The molecule has 0 amide bonds. The third-order valence-electron chi connectivity index (χ3n) is 9.29. The molecule has 252 valence electrons. The lowest BCUT2D eigenvalue weighted by Crippen LogP contribution is -2.31. The van der Waals surface area contributed by atoms with Crippen molar-refractivity contribution < 1.29 is 23.0 Å². The van der Waals surface area contributed by atoms with Crippen LogP contribution in [0.15, 0.2) is 182 Å². The van der Waals surface area contributed by atoms with Crippen LogP contribution in [0.1, 0.15) is 13.7 Å². The summed E-state index contributed by atoms with van der Waals surface area (Å²) in [6, 6.07) is 30.1. The summed E-state index contributed by atoms with van der Waals surface area (Å²) in [4.78, 5) is 4.94. The molecule has 0 bridgehead atoms. The van der Waals surface area contributed by atoms with Crippen LogP contribution in [-0.2, 0) is 7.05 Å². The Morgan fingerprint density at radius 2 is 1.25 bits per heavy atom. The van der Waals surface area contributed by atoms with E-state index < -0.39 is 60.4 Å². The summed E-state index contributed by atoms with van der Waals surface area (Å²) in [5.74, 6) is 1.91. The molecule has 0 unspecified atom stereocenters. The van der Waals surface area contributed by atoms with Gasteiger partial charge in [0, 0.05) is 18.8 Å². The van der Waals surface area contributed by atoms with Crippen molar-refractivity contribution in [3.63, 3.8) is 0 Å². The number of rotatable bonds is 7. The van der Waals surface area contributed by atoms with E-state index in [0.717, 1.165) is 28.1 Å². The number of fused-ring (bicyclic) bond motifs is 4. The molecular weight excluding hydrogens is 651 g/mol. The van der Waals surface area contributed by atoms with Crippen LogP contribution < -0.4 is 9.30 Å². The van der Waals surface area contributed by atoms with Gasteiger partial charge in [0.2, 0.25) is 5.78 Å². The fraction of sp³-hybridized carbons (Fsp3) is 0.0213. The van der Waals surface area contributed by atoms with Gasteiger partial charge in [-0.2, -0.15) is 0 Å². The number of ether oxygens (including phenoxy) is 1. The number of imidazole rings is 3. The van der Waals surface area contributed by atoms with Crippen LogP contribution in [-0.4, -0.2) is 18.5 Å². The molecule has 10 rings (SSSR count). The Kier molecular flexibility index (Phi) is 5.19. The van der Waals surface area contributed by atoms with Crippen molar-refractivity contribution in [2.45, 2.75) is 0 Å². The number of hydrogen-bond acceptors (Lipinski definition) is 2.